The predicted octanol–water partition coefficient (Wildman–Crippen LogP) is 3.51. The highest BCUT2D eigenvalue weighted by molar-refractivity contribution is 7.71. The van der Waals surface area contributed by atoms with Crippen molar-refractivity contribution in [3.05, 3.63) is 82.9 Å². The summed E-state index contributed by atoms with van der Waals surface area (Å²) in [5, 5.41) is 4.38. The highest BCUT2D eigenvalue weighted by atomic mass is 32.1. The van der Waals surface area contributed by atoms with E-state index in [0.29, 0.717) is 6.54 Å². The minimum absolute atomic E-state index is 0.710. The van der Waals surface area contributed by atoms with Crippen molar-refractivity contribution >= 4 is 12.2 Å². The van der Waals surface area contributed by atoms with Crippen LogP contribution < -0.4 is 0 Å². The molecule has 2 aromatic carbocycles. The van der Waals surface area contributed by atoms with Crippen LogP contribution in [0, 0.1) is 4.77 Å². The molecule has 0 bridgehead atoms. The Labute approximate surface area is 123 Å². The highest BCUT2D eigenvalue weighted by Gasteiger charge is 2.03. The molecule has 1 heterocycles. The predicted molar refractivity (Wildman–Crippen MR) is 82.1 cm³/mol. The molecule has 0 aliphatic heterocycles. The zero-order chi connectivity index (χ0) is 13.8. The molecule has 3 aromatic rings. The summed E-state index contributed by atoms with van der Waals surface area (Å²) in [6, 6.07) is 20.5. The van der Waals surface area contributed by atoms with Crippen LogP contribution in [0.25, 0.3) is 0 Å². The zero-order valence-corrected chi connectivity index (χ0v) is 11.8. The maximum Gasteiger partial charge on any atom is 0.198 e. The van der Waals surface area contributed by atoms with Gasteiger partial charge in [-0.25, -0.2) is 4.68 Å². The van der Waals surface area contributed by atoms with Crippen LogP contribution in [0.4, 0.5) is 0 Å². The Kier molecular flexibility index (Phi) is 3.74. The summed E-state index contributed by atoms with van der Waals surface area (Å²) in [5.74, 6) is 0. The number of aromatic nitrogens is 3. The number of benzene rings is 2. The maximum absolute atomic E-state index is 5.49. The summed E-state index contributed by atoms with van der Waals surface area (Å²) < 4.78 is 4.60. The molecule has 3 rings (SSSR count). The van der Waals surface area contributed by atoms with Crippen LogP contribution in [0.2, 0.25) is 0 Å². The molecule has 0 N–H and O–H groups in total. The third-order valence-electron chi connectivity index (χ3n) is 3.17. The van der Waals surface area contributed by atoms with E-state index in [-0.39, 0.29) is 0 Å². The van der Waals surface area contributed by atoms with E-state index in [1.165, 1.54) is 11.1 Å². The highest BCUT2D eigenvalue weighted by Crippen LogP contribution is 2.06. The lowest BCUT2D eigenvalue weighted by Crippen LogP contribution is -2.04. The smallest absolute Gasteiger partial charge is 0.198 e. The molecule has 0 aliphatic carbocycles. The second-order valence-corrected chi connectivity index (χ2v) is 5.04. The third-order valence-corrected chi connectivity index (χ3v) is 3.61. The molecule has 0 atom stereocenters. The largest absolute Gasteiger partial charge is 0.302 e. The molecular formula is C16H15N3S. The van der Waals surface area contributed by atoms with Gasteiger partial charge in [-0.15, -0.1) is 0 Å². The summed E-state index contributed by atoms with van der Waals surface area (Å²) in [5.41, 5.74) is 2.43. The minimum atomic E-state index is 0.710. The van der Waals surface area contributed by atoms with Gasteiger partial charge in [0.05, 0.1) is 13.1 Å². The van der Waals surface area contributed by atoms with E-state index in [0.717, 1.165) is 11.3 Å². The molecule has 1 aromatic heterocycles. The van der Waals surface area contributed by atoms with Crippen LogP contribution in [0.3, 0.4) is 0 Å². The fourth-order valence-corrected chi connectivity index (χ4v) is 2.35. The molecule has 4 heteroatoms. The summed E-state index contributed by atoms with van der Waals surface area (Å²) in [6.07, 6.45) is 1.80. The first-order valence-corrected chi connectivity index (χ1v) is 6.94. The third kappa shape index (κ3) is 2.86. The van der Waals surface area contributed by atoms with Gasteiger partial charge in [0.15, 0.2) is 4.77 Å². The normalized spacial score (nSPS) is 10.6. The average molecular weight is 281 g/mol. The molecule has 0 radical (unpaired) electrons. The van der Waals surface area contributed by atoms with Crippen LogP contribution in [0.5, 0.6) is 0 Å². The van der Waals surface area contributed by atoms with Crippen molar-refractivity contribution in [2.45, 2.75) is 13.1 Å². The van der Waals surface area contributed by atoms with Gasteiger partial charge in [-0.1, -0.05) is 60.7 Å². The molecule has 0 saturated heterocycles. The Morgan fingerprint density at radius 3 is 1.95 bits per heavy atom. The van der Waals surface area contributed by atoms with Gasteiger partial charge in [0.1, 0.15) is 6.33 Å². The zero-order valence-electron chi connectivity index (χ0n) is 11.0. The number of hydrogen-bond donors (Lipinski definition) is 0. The van der Waals surface area contributed by atoms with Gasteiger partial charge in [0.25, 0.3) is 0 Å². The minimum Gasteiger partial charge on any atom is -0.302 e. The maximum atomic E-state index is 5.49. The number of hydrogen-bond acceptors (Lipinski definition) is 2. The molecule has 0 fully saturated rings. The van der Waals surface area contributed by atoms with Crippen molar-refractivity contribution in [2.24, 2.45) is 0 Å². The topological polar surface area (TPSA) is 22.8 Å². The van der Waals surface area contributed by atoms with Gasteiger partial charge < -0.3 is 4.57 Å². The molecule has 0 saturated carbocycles. The quantitative estimate of drug-likeness (QED) is 0.683. The Hall–Kier alpha value is -2.20. The van der Waals surface area contributed by atoms with Gasteiger partial charge in [-0.2, -0.15) is 5.10 Å². The van der Waals surface area contributed by atoms with Crippen molar-refractivity contribution in [2.75, 3.05) is 0 Å². The Morgan fingerprint density at radius 2 is 1.35 bits per heavy atom. The first-order valence-electron chi connectivity index (χ1n) is 6.53. The van der Waals surface area contributed by atoms with E-state index in [1.807, 2.05) is 45.6 Å². The van der Waals surface area contributed by atoms with Gasteiger partial charge >= 0.3 is 0 Å². The van der Waals surface area contributed by atoms with Crippen molar-refractivity contribution < 1.29 is 0 Å². The number of rotatable bonds is 4. The Bertz CT molecular complexity index is 667. The molecule has 3 nitrogen and oxygen atoms in total. The van der Waals surface area contributed by atoms with Crippen LogP contribution >= 0.6 is 12.2 Å². The van der Waals surface area contributed by atoms with E-state index >= 15 is 0 Å². The van der Waals surface area contributed by atoms with E-state index in [9.17, 15) is 0 Å². The van der Waals surface area contributed by atoms with Gasteiger partial charge in [0, 0.05) is 0 Å². The second-order valence-electron chi connectivity index (χ2n) is 4.67. The van der Waals surface area contributed by atoms with Crippen LogP contribution in [0.15, 0.2) is 67.0 Å². The van der Waals surface area contributed by atoms with Crippen molar-refractivity contribution in [3.8, 4) is 0 Å². The van der Waals surface area contributed by atoms with Crippen LogP contribution in [-0.2, 0) is 13.1 Å². The fourth-order valence-electron chi connectivity index (χ4n) is 2.13. The second kappa shape index (κ2) is 5.84. The SMILES string of the molecule is S=c1n(Cc2ccccc2)cnn1Cc1ccccc1. The lowest BCUT2D eigenvalue weighted by atomic mass is 10.2. The fraction of sp³-hybridized carbons (Fsp3) is 0.125. The number of nitrogens with zero attached hydrogens (tertiary/aromatic N) is 3. The Balaban J connectivity index is 1.81. The molecule has 0 amide bonds. The van der Waals surface area contributed by atoms with E-state index < -0.39 is 0 Å². The first kappa shape index (κ1) is 12.8. The molecular weight excluding hydrogens is 266 g/mol. The molecule has 0 unspecified atom stereocenters. The molecule has 0 aliphatic rings. The van der Waals surface area contributed by atoms with Crippen molar-refractivity contribution in [1.29, 1.82) is 0 Å². The van der Waals surface area contributed by atoms with Crippen molar-refractivity contribution in [1.82, 2.24) is 14.3 Å². The van der Waals surface area contributed by atoms with Gasteiger partial charge in [-0.05, 0) is 23.3 Å². The van der Waals surface area contributed by atoms with Crippen molar-refractivity contribution in [3.63, 3.8) is 0 Å². The molecule has 20 heavy (non-hydrogen) atoms. The van der Waals surface area contributed by atoms with Crippen LogP contribution in [-0.4, -0.2) is 14.3 Å². The standard InChI is InChI=1S/C16H15N3S/c20-16-18(11-14-7-3-1-4-8-14)13-17-19(16)12-15-9-5-2-6-10-15/h1-10,13H,11-12H2. The molecule has 100 valence electrons. The van der Waals surface area contributed by atoms with E-state index in [2.05, 4.69) is 29.4 Å². The molecule has 0 spiro atoms. The monoisotopic (exact) mass is 281 g/mol. The lowest BCUT2D eigenvalue weighted by Gasteiger charge is -2.03. The first-order chi connectivity index (χ1) is 9.83. The van der Waals surface area contributed by atoms with Gasteiger partial charge in [-0.3, -0.25) is 0 Å². The Morgan fingerprint density at radius 1 is 0.800 bits per heavy atom. The van der Waals surface area contributed by atoms with Crippen LogP contribution in [0.1, 0.15) is 11.1 Å². The lowest BCUT2D eigenvalue weighted by molar-refractivity contribution is 0.660. The summed E-state index contributed by atoms with van der Waals surface area (Å²) in [4.78, 5) is 0. The summed E-state index contributed by atoms with van der Waals surface area (Å²) in [6.45, 7) is 1.47. The summed E-state index contributed by atoms with van der Waals surface area (Å²) >= 11 is 5.49. The van der Waals surface area contributed by atoms with Gasteiger partial charge in [0.2, 0.25) is 0 Å². The average Bonchev–Trinajstić information content (AvgIpc) is 2.83. The van der Waals surface area contributed by atoms with E-state index in [4.69, 9.17) is 12.2 Å². The summed E-state index contributed by atoms with van der Waals surface area (Å²) in [7, 11) is 0. The van der Waals surface area contributed by atoms with E-state index in [1.54, 1.807) is 6.33 Å².